The molecule has 1 amide bonds. The van der Waals surface area contributed by atoms with Gasteiger partial charge in [0, 0.05) is 43.0 Å². The molecule has 1 N–H and O–H groups in total. The van der Waals surface area contributed by atoms with Gasteiger partial charge in [0.05, 0.1) is 28.8 Å². The standard InChI is InChI=1S/C22H21FN6O/c1-2-25-22-26-11-15(12-27-22)20-9-18(17-8-16(23)5-6-19(17)28-20)21(30)29-7-3-4-14(10-24)13-29/h5-6,8-9,11-12,14H,2-4,7,13H2,1H3,(H,25,26,27)/t14-/m1/s1. The maximum atomic E-state index is 14.0. The molecule has 0 bridgehead atoms. The summed E-state index contributed by atoms with van der Waals surface area (Å²) in [5.41, 5.74) is 2.07. The Hall–Kier alpha value is -3.60. The molecule has 2 aromatic heterocycles. The number of halogens is 1. The average molecular weight is 404 g/mol. The van der Waals surface area contributed by atoms with Crippen LogP contribution in [0.1, 0.15) is 30.1 Å². The van der Waals surface area contributed by atoms with Gasteiger partial charge in [-0.1, -0.05) is 0 Å². The van der Waals surface area contributed by atoms with E-state index >= 15 is 0 Å². The number of nitrogens with zero attached hydrogens (tertiary/aromatic N) is 5. The number of hydrogen-bond acceptors (Lipinski definition) is 6. The van der Waals surface area contributed by atoms with E-state index in [4.69, 9.17) is 0 Å². The Morgan fingerprint density at radius 2 is 2.13 bits per heavy atom. The number of aromatic nitrogens is 3. The van der Waals surface area contributed by atoms with Crippen molar-refractivity contribution in [2.24, 2.45) is 5.92 Å². The molecule has 1 aliphatic heterocycles. The summed E-state index contributed by atoms with van der Waals surface area (Å²) in [4.78, 5) is 28.1. The van der Waals surface area contributed by atoms with Gasteiger partial charge in [-0.2, -0.15) is 5.26 Å². The van der Waals surface area contributed by atoms with Crippen LogP contribution in [0.5, 0.6) is 0 Å². The van der Waals surface area contributed by atoms with Crippen LogP contribution in [0.25, 0.3) is 22.2 Å². The molecule has 1 atom stereocenters. The predicted molar refractivity (Wildman–Crippen MR) is 111 cm³/mol. The molecular formula is C22H21FN6O. The van der Waals surface area contributed by atoms with Crippen molar-refractivity contribution in [3.8, 4) is 17.3 Å². The Labute approximate surface area is 173 Å². The fourth-order valence-corrected chi connectivity index (χ4v) is 3.67. The second-order valence-corrected chi connectivity index (χ2v) is 7.26. The minimum Gasteiger partial charge on any atom is -0.355 e. The molecule has 1 fully saturated rings. The van der Waals surface area contributed by atoms with Gasteiger partial charge in [0.1, 0.15) is 5.82 Å². The van der Waals surface area contributed by atoms with E-state index in [0.717, 1.165) is 12.8 Å². The lowest BCUT2D eigenvalue weighted by molar-refractivity contribution is 0.0701. The lowest BCUT2D eigenvalue weighted by Gasteiger charge is -2.30. The van der Waals surface area contributed by atoms with Gasteiger partial charge in [-0.25, -0.2) is 19.3 Å². The number of nitriles is 1. The van der Waals surface area contributed by atoms with Gasteiger partial charge in [-0.05, 0) is 44.0 Å². The van der Waals surface area contributed by atoms with E-state index in [2.05, 4.69) is 26.3 Å². The SMILES string of the molecule is CCNc1ncc(-c2cc(C(=O)N3CCC[C@H](C#N)C3)c3cc(F)ccc3n2)cn1. The highest BCUT2D eigenvalue weighted by Gasteiger charge is 2.26. The number of carbonyl (C=O) groups is 1. The predicted octanol–water partition coefficient (Wildman–Crippen LogP) is 3.64. The third kappa shape index (κ3) is 3.92. The number of likely N-dealkylation sites (tertiary alicyclic amines) is 1. The summed E-state index contributed by atoms with van der Waals surface area (Å²) in [6.07, 6.45) is 4.84. The Morgan fingerprint density at radius 1 is 1.33 bits per heavy atom. The molecule has 3 heterocycles. The largest absolute Gasteiger partial charge is 0.355 e. The lowest BCUT2D eigenvalue weighted by Crippen LogP contribution is -2.39. The average Bonchev–Trinajstić information content (AvgIpc) is 2.78. The first-order chi connectivity index (χ1) is 14.6. The summed E-state index contributed by atoms with van der Waals surface area (Å²) >= 11 is 0. The third-order valence-corrected chi connectivity index (χ3v) is 5.17. The molecule has 30 heavy (non-hydrogen) atoms. The van der Waals surface area contributed by atoms with Crippen molar-refractivity contribution < 1.29 is 9.18 Å². The molecule has 0 radical (unpaired) electrons. The smallest absolute Gasteiger partial charge is 0.254 e. The van der Waals surface area contributed by atoms with Gasteiger partial charge in [-0.3, -0.25) is 4.79 Å². The fourth-order valence-electron chi connectivity index (χ4n) is 3.67. The molecule has 1 aliphatic rings. The number of rotatable bonds is 4. The number of amides is 1. The zero-order chi connectivity index (χ0) is 21.1. The Bertz CT molecular complexity index is 1120. The number of nitrogens with one attached hydrogen (secondary N) is 1. The second kappa shape index (κ2) is 8.41. The van der Waals surface area contributed by atoms with Crippen LogP contribution < -0.4 is 5.32 Å². The Balaban J connectivity index is 1.78. The molecule has 152 valence electrons. The number of hydrogen-bond donors (Lipinski definition) is 1. The quantitative estimate of drug-likeness (QED) is 0.713. The van der Waals surface area contributed by atoms with Crippen LogP contribution in [0.2, 0.25) is 0 Å². The van der Waals surface area contributed by atoms with Gasteiger partial charge in [0.15, 0.2) is 0 Å². The zero-order valence-corrected chi connectivity index (χ0v) is 16.6. The van der Waals surface area contributed by atoms with Crippen molar-refractivity contribution in [2.45, 2.75) is 19.8 Å². The third-order valence-electron chi connectivity index (χ3n) is 5.17. The van der Waals surface area contributed by atoms with E-state index in [1.807, 2.05) is 6.92 Å². The molecule has 0 spiro atoms. The van der Waals surface area contributed by atoms with Crippen molar-refractivity contribution in [1.82, 2.24) is 19.9 Å². The Kier molecular flexibility index (Phi) is 5.53. The van der Waals surface area contributed by atoms with E-state index in [-0.39, 0.29) is 11.8 Å². The molecule has 1 aromatic carbocycles. The van der Waals surface area contributed by atoms with E-state index < -0.39 is 5.82 Å². The van der Waals surface area contributed by atoms with Crippen molar-refractivity contribution in [3.63, 3.8) is 0 Å². The molecule has 0 saturated carbocycles. The van der Waals surface area contributed by atoms with E-state index in [9.17, 15) is 14.4 Å². The molecule has 8 heteroatoms. The molecule has 0 unspecified atom stereocenters. The van der Waals surface area contributed by atoms with E-state index in [0.29, 0.717) is 53.3 Å². The van der Waals surface area contributed by atoms with Crippen LogP contribution in [-0.2, 0) is 0 Å². The lowest BCUT2D eigenvalue weighted by atomic mass is 9.98. The highest BCUT2D eigenvalue weighted by Crippen LogP contribution is 2.27. The van der Waals surface area contributed by atoms with E-state index in [1.54, 1.807) is 29.4 Å². The topological polar surface area (TPSA) is 94.8 Å². The maximum absolute atomic E-state index is 14.0. The van der Waals surface area contributed by atoms with Gasteiger partial charge < -0.3 is 10.2 Å². The van der Waals surface area contributed by atoms with Crippen molar-refractivity contribution in [2.75, 3.05) is 25.0 Å². The van der Waals surface area contributed by atoms with Crippen LogP contribution in [0.4, 0.5) is 10.3 Å². The highest BCUT2D eigenvalue weighted by molar-refractivity contribution is 6.07. The number of fused-ring (bicyclic) bond motifs is 1. The van der Waals surface area contributed by atoms with Gasteiger partial charge in [0.25, 0.3) is 5.91 Å². The van der Waals surface area contributed by atoms with Crippen LogP contribution in [0.3, 0.4) is 0 Å². The monoisotopic (exact) mass is 404 g/mol. The van der Waals surface area contributed by atoms with Crippen LogP contribution >= 0.6 is 0 Å². The first kappa shape index (κ1) is 19.7. The number of benzene rings is 1. The maximum Gasteiger partial charge on any atom is 0.254 e. The van der Waals surface area contributed by atoms with Gasteiger partial charge in [-0.15, -0.1) is 0 Å². The zero-order valence-electron chi connectivity index (χ0n) is 16.6. The van der Waals surface area contributed by atoms with Crippen molar-refractivity contribution >= 4 is 22.8 Å². The van der Waals surface area contributed by atoms with Crippen LogP contribution in [0.15, 0.2) is 36.7 Å². The molecule has 4 rings (SSSR count). The summed E-state index contributed by atoms with van der Waals surface area (Å²) in [5, 5.41) is 12.7. The minimum absolute atomic E-state index is 0.181. The molecule has 0 aliphatic carbocycles. The Morgan fingerprint density at radius 3 is 2.87 bits per heavy atom. The van der Waals surface area contributed by atoms with Crippen molar-refractivity contribution in [3.05, 3.63) is 48.0 Å². The first-order valence-electron chi connectivity index (χ1n) is 9.94. The summed E-state index contributed by atoms with van der Waals surface area (Å²) < 4.78 is 14.0. The minimum atomic E-state index is -0.432. The molecule has 7 nitrogen and oxygen atoms in total. The van der Waals surface area contributed by atoms with Crippen LogP contribution in [0, 0.1) is 23.1 Å². The molecule has 3 aromatic rings. The summed E-state index contributed by atoms with van der Waals surface area (Å²) in [5.74, 6) is -0.326. The van der Waals surface area contributed by atoms with Gasteiger partial charge in [0.2, 0.25) is 5.95 Å². The van der Waals surface area contributed by atoms with Gasteiger partial charge >= 0.3 is 0 Å². The summed E-state index contributed by atoms with van der Waals surface area (Å²) in [7, 11) is 0. The first-order valence-corrected chi connectivity index (χ1v) is 9.94. The summed E-state index contributed by atoms with van der Waals surface area (Å²) in [6, 6.07) is 8.12. The number of piperidine rings is 1. The number of pyridine rings is 1. The normalized spacial score (nSPS) is 16.3. The number of carbonyl (C=O) groups excluding carboxylic acids is 1. The second-order valence-electron chi connectivity index (χ2n) is 7.26. The molecule has 1 saturated heterocycles. The fraction of sp³-hybridized carbons (Fsp3) is 0.318. The molecular weight excluding hydrogens is 383 g/mol. The van der Waals surface area contributed by atoms with E-state index in [1.165, 1.54) is 12.1 Å². The van der Waals surface area contributed by atoms with Crippen molar-refractivity contribution in [1.29, 1.82) is 5.26 Å². The van der Waals surface area contributed by atoms with Crippen LogP contribution in [-0.4, -0.2) is 45.4 Å². The highest BCUT2D eigenvalue weighted by atomic mass is 19.1. The summed E-state index contributed by atoms with van der Waals surface area (Å²) in [6.45, 7) is 3.62. The number of anilines is 1.